The van der Waals surface area contributed by atoms with Gasteiger partial charge in [0.2, 0.25) is 10.0 Å². The van der Waals surface area contributed by atoms with Gasteiger partial charge in [0.1, 0.15) is 0 Å². The average molecular weight is 311 g/mol. The van der Waals surface area contributed by atoms with Gasteiger partial charge in [-0.2, -0.15) is 0 Å². The lowest BCUT2D eigenvalue weighted by Crippen LogP contribution is -2.44. The Morgan fingerprint density at radius 1 is 1.11 bits per heavy atom. The third kappa shape index (κ3) is 4.88. The second-order valence-corrected chi connectivity index (χ2v) is 7.87. The summed E-state index contributed by atoms with van der Waals surface area (Å²) in [6, 6.07) is 0. The van der Waals surface area contributed by atoms with Crippen molar-refractivity contribution in [2.45, 2.75) is 38.5 Å². The minimum Gasteiger partial charge on any atom is -0.319 e. The summed E-state index contributed by atoms with van der Waals surface area (Å²) < 4.78 is 26.5. The van der Waals surface area contributed by atoms with Gasteiger partial charge in [-0.1, -0.05) is 12.8 Å². The van der Waals surface area contributed by atoms with Crippen molar-refractivity contribution < 1.29 is 8.42 Å². The SMILES string of the molecule is CNCC1CCCN(S(=O)(=O)CC2CCCC2)C1.Cl. The Hall–Kier alpha value is 0.160. The van der Waals surface area contributed by atoms with Crippen LogP contribution in [0.25, 0.3) is 0 Å². The molecule has 2 fully saturated rings. The second kappa shape index (κ2) is 7.81. The molecule has 0 amide bonds. The molecule has 114 valence electrons. The summed E-state index contributed by atoms with van der Waals surface area (Å²) in [7, 11) is -1.08. The molecule has 1 aliphatic carbocycles. The zero-order valence-electron chi connectivity index (χ0n) is 11.8. The molecule has 1 unspecified atom stereocenters. The molecule has 2 rings (SSSR count). The van der Waals surface area contributed by atoms with E-state index in [2.05, 4.69) is 5.32 Å². The highest BCUT2D eigenvalue weighted by molar-refractivity contribution is 7.89. The highest BCUT2D eigenvalue weighted by atomic mass is 35.5. The fraction of sp³-hybridized carbons (Fsp3) is 1.00. The molecule has 0 radical (unpaired) electrons. The Kier molecular flexibility index (Phi) is 7.08. The van der Waals surface area contributed by atoms with Crippen molar-refractivity contribution in [1.82, 2.24) is 9.62 Å². The minimum absolute atomic E-state index is 0. The Morgan fingerprint density at radius 3 is 2.37 bits per heavy atom. The molecule has 1 aliphatic heterocycles. The van der Waals surface area contributed by atoms with Crippen LogP contribution in [0.5, 0.6) is 0 Å². The van der Waals surface area contributed by atoms with Crippen molar-refractivity contribution in [3.05, 3.63) is 0 Å². The number of piperidine rings is 1. The highest BCUT2D eigenvalue weighted by Gasteiger charge is 2.31. The van der Waals surface area contributed by atoms with Gasteiger partial charge in [-0.15, -0.1) is 12.4 Å². The lowest BCUT2D eigenvalue weighted by Gasteiger charge is -2.32. The van der Waals surface area contributed by atoms with Crippen LogP contribution in [0.3, 0.4) is 0 Å². The smallest absolute Gasteiger partial charge is 0.214 e. The molecule has 6 heteroatoms. The molecule has 4 nitrogen and oxygen atoms in total. The number of hydrogen-bond donors (Lipinski definition) is 1. The second-order valence-electron chi connectivity index (χ2n) is 5.85. The average Bonchev–Trinajstić information content (AvgIpc) is 2.82. The molecule has 0 aromatic rings. The number of halogens is 1. The van der Waals surface area contributed by atoms with Crippen molar-refractivity contribution >= 4 is 22.4 Å². The standard InChI is InChI=1S/C13H26N2O2S.ClH/c1-14-9-13-7-4-8-15(10-13)18(16,17)11-12-5-2-3-6-12;/h12-14H,2-11H2,1H3;1H. The minimum atomic E-state index is -3.01. The van der Waals surface area contributed by atoms with Crippen molar-refractivity contribution in [1.29, 1.82) is 0 Å². The lowest BCUT2D eigenvalue weighted by atomic mass is 10.00. The Bertz CT molecular complexity index is 354. The molecular weight excluding hydrogens is 284 g/mol. The van der Waals surface area contributed by atoms with Crippen molar-refractivity contribution in [2.75, 3.05) is 32.4 Å². The van der Waals surface area contributed by atoms with Crippen LogP contribution in [0.2, 0.25) is 0 Å². The van der Waals surface area contributed by atoms with Crippen LogP contribution >= 0.6 is 12.4 Å². The van der Waals surface area contributed by atoms with Crippen LogP contribution in [0.15, 0.2) is 0 Å². The summed E-state index contributed by atoms with van der Waals surface area (Å²) >= 11 is 0. The topological polar surface area (TPSA) is 49.4 Å². The Morgan fingerprint density at radius 2 is 1.74 bits per heavy atom. The third-order valence-corrected chi connectivity index (χ3v) is 6.30. The molecule has 1 atom stereocenters. The molecular formula is C13H27ClN2O2S. The zero-order valence-corrected chi connectivity index (χ0v) is 13.4. The maximum Gasteiger partial charge on any atom is 0.214 e. The van der Waals surface area contributed by atoms with Gasteiger partial charge in [0.05, 0.1) is 5.75 Å². The van der Waals surface area contributed by atoms with E-state index in [0.29, 0.717) is 17.6 Å². The van der Waals surface area contributed by atoms with Crippen molar-refractivity contribution in [3.63, 3.8) is 0 Å². The lowest BCUT2D eigenvalue weighted by molar-refractivity contribution is 0.262. The Balaban J connectivity index is 0.00000180. The molecule has 0 aromatic carbocycles. The van der Waals surface area contributed by atoms with Crippen LogP contribution in [-0.4, -0.2) is 45.2 Å². The monoisotopic (exact) mass is 310 g/mol. The largest absolute Gasteiger partial charge is 0.319 e. The quantitative estimate of drug-likeness (QED) is 0.843. The third-order valence-electron chi connectivity index (χ3n) is 4.29. The fourth-order valence-corrected chi connectivity index (χ4v) is 5.30. The first-order chi connectivity index (χ1) is 8.62. The summed E-state index contributed by atoms with van der Waals surface area (Å²) in [5.74, 6) is 1.29. The predicted octanol–water partition coefficient (Wildman–Crippen LogP) is 1.86. The molecule has 0 bridgehead atoms. The molecule has 1 saturated heterocycles. The van der Waals surface area contributed by atoms with Gasteiger partial charge < -0.3 is 5.32 Å². The normalized spacial score (nSPS) is 26.3. The van der Waals surface area contributed by atoms with Crippen LogP contribution in [0.1, 0.15) is 38.5 Å². The van der Waals surface area contributed by atoms with Crippen LogP contribution in [0.4, 0.5) is 0 Å². The number of nitrogens with one attached hydrogen (secondary N) is 1. The number of nitrogens with zero attached hydrogens (tertiary/aromatic N) is 1. The van der Waals surface area contributed by atoms with Gasteiger partial charge in [0, 0.05) is 13.1 Å². The summed E-state index contributed by atoms with van der Waals surface area (Å²) in [6.07, 6.45) is 6.79. The van der Waals surface area contributed by atoms with E-state index in [1.165, 1.54) is 12.8 Å². The molecule has 2 aliphatic rings. The van der Waals surface area contributed by atoms with E-state index in [0.717, 1.165) is 45.3 Å². The van der Waals surface area contributed by atoms with Crippen LogP contribution in [0, 0.1) is 11.8 Å². The molecule has 19 heavy (non-hydrogen) atoms. The van der Waals surface area contributed by atoms with E-state index in [-0.39, 0.29) is 12.4 Å². The van der Waals surface area contributed by atoms with E-state index in [9.17, 15) is 8.42 Å². The highest BCUT2D eigenvalue weighted by Crippen LogP contribution is 2.28. The van der Waals surface area contributed by atoms with Gasteiger partial charge in [0.15, 0.2) is 0 Å². The summed E-state index contributed by atoms with van der Waals surface area (Å²) in [4.78, 5) is 0. The van der Waals surface area contributed by atoms with E-state index < -0.39 is 10.0 Å². The maximum absolute atomic E-state index is 12.4. The molecule has 0 aromatic heterocycles. The fourth-order valence-electron chi connectivity index (χ4n) is 3.32. The van der Waals surface area contributed by atoms with E-state index >= 15 is 0 Å². The summed E-state index contributed by atoms with van der Waals surface area (Å²) in [6.45, 7) is 2.38. The van der Waals surface area contributed by atoms with E-state index in [1.807, 2.05) is 7.05 Å². The summed E-state index contributed by atoms with van der Waals surface area (Å²) in [5, 5.41) is 3.16. The zero-order chi connectivity index (χ0) is 13.0. The van der Waals surface area contributed by atoms with Crippen LogP contribution in [-0.2, 0) is 10.0 Å². The summed E-state index contributed by atoms with van der Waals surface area (Å²) in [5.41, 5.74) is 0. The first-order valence-electron chi connectivity index (χ1n) is 7.24. The number of rotatable bonds is 5. The molecule has 0 spiro atoms. The first-order valence-corrected chi connectivity index (χ1v) is 8.85. The molecule has 1 saturated carbocycles. The van der Waals surface area contributed by atoms with Gasteiger partial charge >= 0.3 is 0 Å². The maximum atomic E-state index is 12.4. The molecule has 1 N–H and O–H groups in total. The first kappa shape index (κ1) is 17.2. The van der Waals surface area contributed by atoms with Gasteiger partial charge in [-0.3, -0.25) is 0 Å². The molecule has 1 heterocycles. The Labute approximate surface area is 123 Å². The van der Waals surface area contributed by atoms with Crippen LogP contribution < -0.4 is 5.32 Å². The van der Waals surface area contributed by atoms with Crippen molar-refractivity contribution in [3.8, 4) is 0 Å². The van der Waals surface area contributed by atoms with Crippen molar-refractivity contribution in [2.24, 2.45) is 11.8 Å². The predicted molar refractivity (Wildman–Crippen MR) is 81.2 cm³/mol. The van der Waals surface area contributed by atoms with Gasteiger partial charge in [0.25, 0.3) is 0 Å². The van der Waals surface area contributed by atoms with E-state index in [1.54, 1.807) is 4.31 Å². The van der Waals surface area contributed by atoms with E-state index in [4.69, 9.17) is 0 Å². The van der Waals surface area contributed by atoms with Gasteiger partial charge in [-0.05, 0) is 51.1 Å². The van der Waals surface area contributed by atoms with Gasteiger partial charge in [-0.25, -0.2) is 12.7 Å². The number of sulfonamides is 1. The number of hydrogen-bond acceptors (Lipinski definition) is 3.